The number of hydrogen-bond acceptors (Lipinski definition) is 8. The molecule has 6 atom stereocenters. The van der Waals surface area contributed by atoms with Crippen molar-refractivity contribution in [3.05, 3.63) is 159 Å². The van der Waals surface area contributed by atoms with Crippen molar-refractivity contribution >= 4 is 58.2 Å². The monoisotopic (exact) mass is 841 g/mol. The molecule has 0 spiro atoms. The van der Waals surface area contributed by atoms with E-state index >= 15 is 9.59 Å². The van der Waals surface area contributed by atoms with Crippen LogP contribution in [0.15, 0.2) is 127 Å². The number of fused-ring (bicyclic) bond motifs is 4. The molecule has 5 aromatic rings. The summed E-state index contributed by atoms with van der Waals surface area (Å²) in [6.45, 7) is 2.29. The number of anilines is 2. The summed E-state index contributed by atoms with van der Waals surface area (Å²) in [5.41, 5.74) is 5.73. The Labute approximate surface area is 357 Å². The SMILES string of the molecule is CCc1ccc(N2C(=O)[C@H]3[C@H](CC=C4[C@H]3C[C@H]3C(=O)N(Nc5ccc(Cl)cc5Cl)C(=O)[C@@]3(c3ccc(OC)cc3)[C@H]4c3ccc(OCc4ccccc4)cc3O)C2=O)cc1. The van der Waals surface area contributed by atoms with Crippen LogP contribution in [0.4, 0.5) is 11.4 Å². The summed E-state index contributed by atoms with van der Waals surface area (Å²) < 4.78 is 11.6. The van der Waals surface area contributed by atoms with Crippen LogP contribution in [-0.2, 0) is 37.6 Å². The summed E-state index contributed by atoms with van der Waals surface area (Å²) in [5.74, 6) is -5.13. The molecule has 9 rings (SSSR count). The number of rotatable bonds is 10. The first-order valence-electron chi connectivity index (χ1n) is 20.0. The molecule has 60 heavy (non-hydrogen) atoms. The Bertz CT molecular complexity index is 2560. The first-order valence-corrected chi connectivity index (χ1v) is 20.7. The van der Waals surface area contributed by atoms with Crippen LogP contribution >= 0.6 is 23.2 Å². The number of nitrogens with zero attached hydrogens (tertiary/aromatic N) is 2. The lowest BCUT2D eigenvalue weighted by molar-refractivity contribution is -0.138. The van der Waals surface area contributed by atoms with Crippen molar-refractivity contribution < 1.29 is 33.8 Å². The Kier molecular flexibility index (Phi) is 10.2. The number of allylic oxidation sites excluding steroid dienone is 2. The molecule has 2 heterocycles. The number of aromatic hydroxyl groups is 1. The number of nitrogens with one attached hydrogen (secondary N) is 1. The minimum absolute atomic E-state index is 0.0767. The number of methoxy groups -OCH3 is 1. The van der Waals surface area contributed by atoms with Crippen LogP contribution in [0.1, 0.15) is 47.9 Å². The number of phenols is 1. The first-order chi connectivity index (χ1) is 29.0. The number of carbonyl (C=O) groups is 4. The predicted molar refractivity (Wildman–Crippen MR) is 228 cm³/mol. The lowest BCUT2D eigenvalue weighted by atomic mass is 9.49. The van der Waals surface area contributed by atoms with Gasteiger partial charge >= 0.3 is 0 Å². The topological polar surface area (TPSA) is 125 Å². The number of ether oxygens (including phenoxy) is 2. The van der Waals surface area contributed by atoms with E-state index in [0.717, 1.165) is 22.6 Å². The van der Waals surface area contributed by atoms with Gasteiger partial charge in [-0.15, -0.1) is 0 Å². The number of benzene rings is 5. The average Bonchev–Trinajstić information content (AvgIpc) is 3.64. The molecule has 2 aliphatic carbocycles. The number of carbonyl (C=O) groups excluding carboxylic acids is 4. The zero-order valence-corrected chi connectivity index (χ0v) is 34.3. The summed E-state index contributed by atoms with van der Waals surface area (Å²) in [7, 11) is 1.54. The Morgan fingerprint density at radius 1 is 0.800 bits per heavy atom. The highest BCUT2D eigenvalue weighted by atomic mass is 35.5. The molecule has 0 bridgehead atoms. The lowest BCUT2D eigenvalue weighted by Gasteiger charge is -2.50. The van der Waals surface area contributed by atoms with Crippen molar-refractivity contribution in [2.45, 2.75) is 44.1 Å². The molecule has 5 aromatic carbocycles. The number of aryl methyl sites for hydroxylation is 1. The Hall–Kier alpha value is -6.10. The second-order valence-corrected chi connectivity index (χ2v) is 16.6. The molecule has 2 saturated heterocycles. The van der Waals surface area contributed by atoms with E-state index in [9.17, 15) is 14.7 Å². The molecule has 12 heteroatoms. The Morgan fingerprint density at radius 2 is 1.53 bits per heavy atom. The van der Waals surface area contributed by atoms with Crippen LogP contribution < -0.4 is 19.8 Å². The lowest BCUT2D eigenvalue weighted by Crippen LogP contribution is -2.53. The van der Waals surface area contributed by atoms with Gasteiger partial charge in [0.05, 0.1) is 46.7 Å². The van der Waals surface area contributed by atoms with Crippen molar-refractivity contribution in [1.82, 2.24) is 5.01 Å². The molecule has 0 aromatic heterocycles. The molecule has 0 unspecified atom stereocenters. The van der Waals surface area contributed by atoms with Gasteiger partial charge in [0, 0.05) is 22.6 Å². The van der Waals surface area contributed by atoms with Gasteiger partial charge in [-0.25, -0.2) is 0 Å². The number of hydrogen-bond donors (Lipinski definition) is 2. The largest absolute Gasteiger partial charge is 0.508 e. The molecule has 2 aliphatic heterocycles. The van der Waals surface area contributed by atoms with E-state index in [1.165, 1.54) is 17.0 Å². The highest BCUT2D eigenvalue weighted by Gasteiger charge is 2.70. The third kappa shape index (κ3) is 6.32. The molecular formula is C48H41Cl2N3O7. The molecule has 4 aliphatic rings. The highest BCUT2D eigenvalue weighted by molar-refractivity contribution is 6.36. The number of phenolic OH excluding ortho intramolecular Hbond substituents is 1. The van der Waals surface area contributed by atoms with Gasteiger partial charge in [-0.1, -0.05) is 102 Å². The van der Waals surface area contributed by atoms with Gasteiger partial charge in [-0.05, 0) is 90.4 Å². The van der Waals surface area contributed by atoms with Crippen molar-refractivity contribution in [1.29, 1.82) is 0 Å². The van der Waals surface area contributed by atoms with Gasteiger partial charge in [0.2, 0.25) is 11.8 Å². The first kappa shape index (κ1) is 39.4. The second-order valence-electron chi connectivity index (χ2n) is 15.7. The Balaban J connectivity index is 1.21. The van der Waals surface area contributed by atoms with Gasteiger partial charge in [0.1, 0.15) is 23.9 Å². The second kappa shape index (κ2) is 15.5. The number of imide groups is 2. The van der Waals surface area contributed by atoms with Crippen molar-refractivity contribution in [3.8, 4) is 17.2 Å². The normalized spacial score (nSPS) is 24.5. The third-order valence-corrected chi connectivity index (χ3v) is 13.3. The number of halogens is 2. The van der Waals surface area contributed by atoms with Gasteiger partial charge < -0.3 is 14.6 Å². The maximum absolute atomic E-state index is 15.6. The summed E-state index contributed by atoms with van der Waals surface area (Å²) >= 11 is 12.8. The smallest absolute Gasteiger partial charge is 0.260 e. The molecule has 0 radical (unpaired) electrons. The van der Waals surface area contributed by atoms with Gasteiger partial charge in [0.15, 0.2) is 0 Å². The zero-order valence-electron chi connectivity index (χ0n) is 32.8. The van der Waals surface area contributed by atoms with Gasteiger partial charge in [-0.3, -0.25) is 29.5 Å². The highest BCUT2D eigenvalue weighted by Crippen LogP contribution is 2.65. The average molecular weight is 843 g/mol. The molecule has 4 amide bonds. The molecular weight excluding hydrogens is 801 g/mol. The third-order valence-electron chi connectivity index (χ3n) is 12.7. The van der Waals surface area contributed by atoms with E-state index in [1.807, 2.05) is 55.5 Å². The van der Waals surface area contributed by atoms with Crippen LogP contribution in [0, 0.1) is 23.7 Å². The molecule has 2 N–H and O–H groups in total. The summed E-state index contributed by atoms with van der Waals surface area (Å²) in [5, 5.41) is 13.7. The summed E-state index contributed by atoms with van der Waals surface area (Å²) in [6.07, 6.45) is 3.06. The van der Waals surface area contributed by atoms with Gasteiger partial charge in [-0.2, -0.15) is 5.01 Å². The molecule has 1 saturated carbocycles. The van der Waals surface area contributed by atoms with Crippen LogP contribution in [-0.4, -0.2) is 40.9 Å². The van der Waals surface area contributed by atoms with E-state index in [0.29, 0.717) is 38.9 Å². The fourth-order valence-corrected chi connectivity index (χ4v) is 10.4. The fraction of sp³-hybridized carbons (Fsp3) is 0.250. The Morgan fingerprint density at radius 3 is 2.22 bits per heavy atom. The predicted octanol–water partition coefficient (Wildman–Crippen LogP) is 9.04. The van der Waals surface area contributed by atoms with Gasteiger partial charge in [0.25, 0.3) is 11.8 Å². The van der Waals surface area contributed by atoms with Crippen LogP contribution in [0.25, 0.3) is 0 Å². The summed E-state index contributed by atoms with van der Waals surface area (Å²) in [6, 6.07) is 33.7. The number of amides is 4. The van der Waals surface area contributed by atoms with E-state index in [-0.39, 0.29) is 47.7 Å². The van der Waals surface area contributed by atoms with Crippen molar-refractivity contribution in [2.75, 3.05) is 17.4 Å². The van der Waals surface area contributed by atoms with E-state index in [4.69, 9.17) is 32.7 Å². The minimum atomic E-state index is -1.64. The van der Waals surface area contributed by atoms with Crippen molar-refractivity contribution in [2.24, 2.45) is 23.7 Å². The molecule has 3 fully saturated rings. The van der Waals surface area contributed by atoms with E-state index in [1.54, 1.807) is 67.8 Å². The minimum Gasteiger partial charge on any atom is -0.508 e. The zero-order chi connectivity index (χ0) is 41.9. The van der Waals surface area contributed by atoms with Crippen LogP contribution in [0.5, 0.6) is 17.2 Å². The molecule has 10 nitrogen and oxygen atoms in total. The van der Waals surface area contributed by atoms with E-state index in [2.05, 4.69) is 5.43 Å². The van der Waals surface area contributed by atoms with Crippen LogP contribution in [0.3, 0.4) is 0 Å². The van der Waals surface area contributed by atoms with Crippen molar-refractivity contribution in [3.63, 3.8) is 0 Å². The van der Waals surface area contributed by atoms with E-state index < -0.39 is 46.8 Å². The maximum atomic E-state index is 15.6. The standard InChI is InChI=1S/C48H41Cl2N3O7/c1-3-27-9-14-31(15-10-27)52-44(55)36-21-20-34-37(42(36)46(52)57)25-38-45(56)53(51-40-22-13-30(49)23-39(40)50)47(58)48(38,29-11-16-32(59-2)17-12-29)43(34)35-19-18-33(24-41(35)54)60-26-28-7-5-4-6-8-28/h4-20,22-24,36-38,42-43,51,54H,3,21,25-26H2,1-2H3/t36-,37+,38-,42-,43+,48+/m0/s1. The fourth-order valence-electron chi connectivity index (χ4n) is 9.92. The quantitative estimate of drug-likeness (QED) is 0.106. The van der Waals surface area contributed by atoms with Crippen LogP contribution in [0.2, 0.25) is 10.0 Å². The molecule has 304 valence electrons. The number of hydrazine groups is 1. The maximum Gasteiger partial charge on any atom is 0.260 e. The summed E-state index contributed by atoms with van der Waals surface area (Å²) in [4.78, 5) is 61.0.